The molecule has 0 unspecified atom stereocenters. The second-order valence-corrected chi connectivity index (χ2v) is 9.98. The summed E-state index contributed by atoms with van der Waals surface area (Å²) >= 11 is 0. The summed E-state index contributed by atoms with van der Waals surface area (Å²) in [7, 11) is 0. The van der Waals surface area contributed by atoms with Gasteiger partial charge >= 0.3 is 17.9 Å². The Morgan fingerprint density at radius 3 is 1.71 bits per heavy atom. The predicted molar refractivity (Wildman–Crippen MR) is 144 cm³/mol. The van der Waals surface area contributed by atoms with E-state index in [9.17, 15) is 14.4 Å². The molecule has 0 atom stereocenters. The highest BCUT2D eigenvalue weighted by Crippen LogP contribution is 2.14. The molecule has 3 rings (SSSR count). The van der Waals surface area contributed by atoms with Crippen LogP contribution in [0.15, 0.2) is 84.9 Å². The summed E-state index contributed by atoms with van der Waals surface area (Å²) in [4.78, 5) is 37.7. The van der Waals surface area contributed by atoms with Gasteiger partial charge in [0.15, 0.2) is 0 Å². The van der Waals surface area contributed by atoms with Crippen LogP contribution in [0.4, 0.5) is 0 Å². The van der Waals surface area contributed by atoms with E-state index in [2.05, 4.69) is 5.32 Å². The van der Waals surface area contributed by atoms with Crippen LogP contribution in [0.5, 0.6) is 0 Å². The first-order chi connectivity index (χ1) is 18.2. The number of hydrogen-bond donors (Lipinski definition) is 1. The molecule has 7 nitrogen and oxygen atoms in total. The third-order valence-electron chi connectivity index (χ3n) is 5.47. The second kappa shape index (κ2) is 14.1. The van der Waals surface area contributed by atoms with Crippen molar-refractivity contribution in [3.8, 4) is 0 Å². The Morgan fingerprint density at radius 1 is 0.711 bits per heavy atom. The molecule has 1 N–H and O–H groups in total. The third-order valence-corrected chi connectivity index (χ3v) is 5.47. The topological polar surface area (TPSA) is 90.9 Å². The van der Waals surface area contributed by atoms with Gasteiger partial charge in [0.05, 0.1) is 18.4 Å². The van der Waals surface area contributed by atoms with E-state index in [1.165, 1.54) is 0 Å². The molecular weight excluding hydrogens is 482 g/mol. The first kappa shape index (κ1) is 28.6. The lowest BCUT2D eigenvalue weighted by atomic mass is 10.1. The highest BCUT2D eigenvalue weighted by atomic mass is 16.6. The minimum absolute atomic E-state index is 0.0149. The second-order valence-electron chi connectivity index (χ2n) is 9.98. The SMILES string of the molecule is CC(C)(C)OC(=O)c1cccc(CNC(CC(=O)OCc2ccccc2)CC(=O)OCc2ccccc2)c1. The Balaban J connectivity index is 1.61. The average molecular weight is 518 g/mol. The van der Waals surface area contributed by atoms with Crippen LogP contribution < -0.4 is 5.32 Å². The molecule has 0 aliphatic heterocycles. The standard InChI is InChI=1S/C31H35NO6/c1-31(2,3)38-30(35)26-16-10-15-25(17-26)20-32-27(18-28(33)36-21-23-11-6-4-7-12-23)19-29(34)37-22-24-13-8-5-9-14-24/h4-17,27,32H,18-22H2,1-3H3. The molecule has 0 saturated heterocycles. The van der Waals surface area contributed by atoms with Gasteiger partial charge in [-0.25, -0.2) is 4.79 Å². The van der Waals surface area contributed by atoms with Crippen molar-refractivity contribution in [3.05, 3.63) is 107 Å². The quantitative estimate of drug-likeness (QED) is 0.255. The maximum absolute atomic E-state index is 12.6. The summed E-state index contributed by atoms with van der Waals surface area (Å²) in [6.45, 7) is 6.09. The number of nitrogens with one attached hydrogen (secondary N) is 1. The maximum Gasteiger partial charge on any atom is 0.338 e. The normalized spacial score (nSPS) is 11.2. The number of benzene rings is 3. The van der Waals surface area contributed by atoms with Crippen molar-refractivity contribution in [3.63, 3.8) is 0 Å². The van der Waals surface area contributed by atoms with E-state index in [1.807, 2.05) is 87.5 Å². The fraction of sp³-hybridized carbons (Fsp3) is 0.323. The summed E-state index contributed by atoms with van der Waals surface area (Å²) in [6, 6.07) is 25.3. The Kier molecular flexibility index (Phi) is 10.6. The molecule has 0 amide bonds. The molecule has 0 saturated carbocycles. The van der Waals surface area contributed by atoms with Crippen molar-refractivity contribution in [2.24, 2.45) is 0 Å². The zero-order valence-corrected chi connectivity index (χ0v) is 22.1. The minimum Gasteiger partial charge on any atom is -0.461 e. The molecule has 0 heterocycles. The van der Waals surface area contributed by atoms with Gasteiger partial charge in [0.1, 0.15) is 18.8 Å². The highest BCUT2D eigenvalue weighted by Gasteiger charge is 2.21. The Bertz CT molecular complexity index is 1130. The molecule has 200 valence electrons. The number of carbonyl (C=O) groups excluding carboxylic acids is 3. The van der Waals surface area contributed by atoms with Crippen LogP contribution in [0.3, 0.4) is 0 Å². The molecular formula is C31H35NO6. The fourth-order valence-corrected chi connectivity index (χ4v) is 3.62. The third kappa shape index (κ3) is 10.6. The van der Waals surface area contributed by atoms with Crippen LogP contribution in [-0.2, 0) is 43.6 Å². The van der Waals surface area contributed by atoms with E-state index in [1.54, 1.807) is 18.2 Å². The summed E-state index contributed by atoms with van der Waals surface area (Å²) in [5.41, 5.74) is 2.41. The van der Waals surface area contributed by atoms with Gasteiger partial charge < -0.3 is 19.5 Å². The summed E-state index contributed by atoms with van der Waals surface area (Å²) < 4.78 is 16.3. The van der Waals surface area contributed by atoms with E-state index in [0.717, 1.165) is 16.7 Å². The molecule has 0 aromatic heterocycles. The molecule has 3 aromatic rings. The smallest absolute Gasteiger partial charge is 0.338 e. The largest absolute Gasteiger partial charge is 0.461 e. The zero-order chi connectivity index (χ0) is 27.4. The molecule has 3 aromatic carbocycles. The number of rotatable bonds is 12. The van der Waals surface area contributed by atoms with E-state index in [-0.39, 0.29) is 26.1 Å². The van der Waals surface area contributed by atoms with Gasteiger partial charge in [0.25, 0.3) is 0 Å². The first-order valence-electron chi connectivity index (χ1n) is 12.6. The number of esters is 3. The lowest BCUT2D eigenvalue weighted by Crippen LogP contribution is -2.34. The number of ether oxygens (including phenoxy) is 3. The molecule has 7 heteroatoms. The summed E-state index contributed by atoms with van der Waals surface area (Å²) in [6.07, 6.45) is -0.0297. The van der Waals surface area contributed by atoms with Gasteiger partial charge in [-0.1, -0.05) is 72.8 Å². The number of hydrogen-bond acceptors (Lipinski definition) is 7. The Hall–Kier alpha value is -3.97. The number of carbonyl (C=O) groups is 3. The minimum atomic E-state index is -0.601. The van der Waals surface area contributed by atoms with E-state index >= 15 is 0 Å². The molecule has 0 fully saturated rings. The molecule has 0 bridgehead atoms. The molecule has 0 aliphatic rings. The molecule has 0 spiro atoms. The molecule has 0 radical (unpaired) electrons. The van der Waals surface area contributed by atoms with Crippen molar-refractivity contribution in [1.82, 2.24) is 5.32 Å². The first-order valence-corrected chi connectivity index (χ1v) is 12.6. The van der Waals surface area contributed by atoms with Crippen LogP contribution >= 0.6 is 0 Å². The lowest BCUT2D eigenvalue weighted by Gasteiger charge is -2.20. The monoisotopic (exact) mass is 517 g/mol. The van der Waals surface area contributed by atoms with Gasteiger partial charge in [0, 0.05) is 12.6 Å². The van der Waals surface area contributed by atoms with Crippen molar-refractivity contribution in [2.45, 2.75) is 65.0 Å². The Labute approximate surface area is 224 Å². The van der Waals surface area contributed by atoms with Gasteiger partial charge in [-0.2, -0.15) is 0 Å². The zero-order valence-electron chi connectivity index (χ0n) is 22.1. The van der Waals surface area contributed by atoms with Gasteiger partial charge in [-0.15, -0.1) is 0 Å². The van der Waals surface area contributed by atoms with Crippen LogP contribution in [0, 0.1) is 0 Å². The van der Waals surface area contributed by atoms with E-state index in [4.69, 9.17) is 14.2 Å². The Morgan fingerprint density at radius 2 is 1.21 bits per heavy atom. The van der Waals surface area contributed by atoms with Crippen molar-refractivity contribution < 1.29 is 28.6 Å². The summed E-state index contributed by atoms with van der Waals surface area (Å²) in [5, 5.41) is 3.25. The van der Waals surface area contributed by atoms with Crippen LogP contribution in [0.1, 0.15) is 60.7 Å². The maximum atomic E-state index is 12.6. The van der Waals surface area contributed by atoms with Crippen molar-refractivity contribution in [2.75, 3.05) is 0 Å². The molecule has 0 aliphatic carbocycles. The average Bonchev–Trinajstić information content (AvgIpc) is 2.90. The highest BCUT2D eigenvalue weighted by molar-refractivity contribution is 5.89. The van der Waals surface area contributed by atoms with Crippen molar-refractivity contribution in [1.29, 1.82) is 0 Å². The van der Waals surface area contributed by atoms with Crippen LogP contribution in [0.2, 0.25) is 0 Å². The lowest BCUT2D eigenvalue weighted by molar-refractivity contribution is -0.147. The van der Waals surface area contributed by atoms with E-state index in [0.29, 0.717) is 12.1 Å². The summed E-state index contributed by atoms with van der Waals surface area (Å²) in [5.74, 6) is -1.26. The van der Waals surface area contributed by atoms with Crippen LogP contribution in [0.25, 0.3) is 0 Å². The van der Waals surface area contributed by atoms with Gasteiger partial charge in [-0.3, -0.25) is 9.59 Å². The fourth-order valence-electron chi connectivity index (χ4n) is 3.62. The van der Waals surface area contributed by atoms with Gasteiger partial charge in [-0.05, 0) is 49.6 Å². The van der Waals surface area contributed by atoms with E-state index < -0.39 is 29.6 Å². The van der Waals surface area contributed by atoms with Crippen LogP contribution in [-0.4, -0.2) is 29.6 Å². The van der Waals surface area contributed by atoms with Gasteiger partial charge in [0.2, 0.25) is 0 Å². The molecule has 38 heavy (non-hydrogen) atoms. The predicted octanol–water partition coefficient (Wildman–Crippen LogP) is 5.37. The van der Waals surface area contributed by atoms with Crippen molar-refractivity contribution >= 4 is 17.9 Å².